The molecule has 0 fully saturated rings. The molecule has 96 valence electrons. The highest BCUT2D eigenvalue weighted by Crippen LogP contribution is 2.26. The van der Waals surface area contributed by atoms with E-state index in [4.69, 9.17) is 22.1 Å². The summed E-state index contributed by atoms with van der Waals surface area (Å²) in [6.07, 6.45) is 6.14. The zero-order chi connectivity index (χ0) is 12.8. The molecule has 18 heavy (non-hydrogen) atoms. The molecule has 0 aliphatic rings. The van der Waals surface area contributed by atoms with Gasteiger partial charge in [0, 0.05) is 23.0 Å². The number of nitrogens with two attached hydrogens (primary N) is 1. The van der Waals surface area contributed by atoms with Crippen molar-refractivity contribution in [3.05, 3.63) is 47.5 Å². The van der Waals surface area contributed by atoms with E-state index in [1.807, 2.05) is 29.0 Å². The van der Waals surface area contributed by atoms with E-state index in [2.05, 4.69) is 4.98 Å². The molecule has 4 nitrogen and oxygen atoms in total. The molecule has 0 amide bonds. The monoisotopic (exact) mass is 265 g/mol. The fourth-order valence-corrected chi connectivity index (χ4v) is 2.00. The normalized spacial score (nSPS) is 10.6. The lowest BCUT2D eigenvalue weighted by Gasteiger charge is -2.12. The Hall–Kier alpha value is -1.52. The van der Waals surface area contributed by atoms with Crippen molar-refractivity contribution in [3.8, 4) is 5.75 Å². The average Bonchev–Trinajstić information content (AvgIpc) is 2.86. The Labute approximate surface area is 111 Å². The smallest absolute Gasteiger partial charge is 0.124 e. The summed E-state index contributed by atoms with van der Waals surface area (Å²) in [6, 6.07) is 5.66. The molecule has 0 spiro atoms. The van der Waals surface area contributed by atoms with Crippen molar-refractivity contribution < 1.29 is 4.74 Å². The molecule has 0 atom stereocenters. The van der Waals surface area contributed by atoms with Crippen LogP contribution in [0.1, 0.15) is 5.56 Å². The van der Waals surface area contributed by atoms with E-state index in [1.165, 1.54) is 0 Å². The van der Waals surface area contributed by atoms with Crippen LogP contribution in [-0.2, 0) is 13.0 Å². The van der Waals surface area contributed by atoms with Crippen molar-refractivity contribution in [3.63, 3.8) is 0 Å². The second-order valence-corrected chi connectivity index (χ2v) is 4.31. The molecule has 1 aromatic heterocycles. The fourth-order valence-electron chi connectivity index (χ4n) is 1.74. The zero-order valence-electron chi connectivity index (χ0n) is 10.1. The number of hydrogen-bond donors (Lipinski definition) is 1. The number of benzene rings is 1. The van der Waals surface area contributed by atoms with Crippen LogP contribution in [0.5, 0.6) is 5.75 Å². The van der Waals surface area contributed by atoms with E-state index in [9.17, 15) is 0 Å². The van der Waals surface area contributed by atoms with Crippen molar-refractivity contribution >= 4 is 11.6 Å². The third-order valence-corrected chi connectivity index (χ3v) is 2.99. The van der Waals surface area contributed by atoms with Gasteiger partial charge in [0.15, 0.2) is 0 Å². The summed E-state index contributed by atoms with van der Waals surface area (Å²) < 4.78 is 7.72. The van der Waals surface area contributed by atoms with Crippen LogP contribution in [0, 0.1) is 0 Å². The number of ether oxygens (including phenoxy) is 1. The van der Waals surface area contributed by atoms with Crippen LogP contribution in [0.3, 0.4) is 0 Å². The molecule has 0 unspecified atom stereocenters. The van der Waals surface area contributed by atoms with Gasteiger partial charge in [0.25, 0.3) is 0 Å². The van der Waals surface area contributed by atoms with Gasteiger partial charge in [-0.1, -0.05) is 17.7 Å². The Kier molecular flexibility index (Phi) is 4.61. The van der Waals surface area contributed by atoms with E-state index < -0.39 is 0 Å². The second kappa shape index (κ2) is 6.42. The van der Waals surface area contributed by atoms with Crippen LogP contribution in [0.25, 0.3) is 0 Å². The maximum atomic E-state index is 6.14. The standard InChI is InChI=1S/C13H16ClN3O/c14-12-2-1-3-13(11(12)4-5-15)18-9-8-17-7-6-16-10-17/h1-3,6-7,10H,4-5,8-9,15H2. The van der Waals surface area contributed by atoms with Gasteiger partial charge in [0.1, 0.15) is 12.4 Å². The number of nitrogens with zero attached hydrogens (tertiary/aromatic N) is 2. The number of imidazole rings is 1. The van der Waals surface area contributed by atoms with Crippen molar-refractivity contribution in [1.82, 2.24) is 9.55 Å². The van der Waals surface area contributed by atoms with Crippen molar-refractivity contribution in [2.45, 2.75) is 13.0 Å². The van der Waals surface area contributed by atoms with E-state index in [-0.39, 0.29) is 0 Å². The van der Waals surface area contributed by atoms with Gasteiger partial charge in [0.05, 0.1) is 12.9 Å². The predicted octanol–water partition coefficient (Wildman–Crippen LogP) is 2.12. The molecular weight excluding hydrogens is 250 g/mol. The molecule has 2 aromatic rings. The molecular formula is C13H16ClN3O. The lowest BCUT2D eigenvalue weighted by atomic mass is 10.1. The Bertz CT molecular complexity index is 485. The SMILES string of the molecule is NCCc1c(Cl)cccc1OCCn1ccnc1. The molecule has 0 radical (unpaired) electrons. The molecule has 5 heteroatoms. The van der Waals surface area contributed by atoms with Crippen LogP contribution in [0.2, 0.25) is 5.02 Å². The van der Waals surface area contributed by atoms with Gasteiger partial charge < -0.3 is 15.0 Å². The summed E-state index contributed by atoms with van der Waals surface area (Å²) in [5.41, 5.74) is 6.56. The molecule has 0 saturated carbocycles. The molecule has 1 aromatic carbocycles. The largest absolute Gasteiger partial charge is 0.491 e. The van der Waals surface area contributed by atoms with E-state index >= 15 is 0 Å². The molecule has 1 heterocycles. The topological polar surface area (TPSA) is 53.1 Å². The average molecular weight is 266 g/mol. The van der Waals surface area contributed by atoms with Gasteiger partial charge in [-0.3, -0.25) is 0 Å². The van der Waals surface area contributed by atoms with Crippen molar-refractivity contribution in [2.75, 3.05) is 13.2 Å². The van der Waals surface area contributed by atoms with Gasteiger partial charge in [-0.2, -0.15) is 0 Å². The predicted molar refractivity (Wildman–Crippen MR) is 71.9 cm³/mol. The van der Waals surface area contributed by atoms with Crippen LogP contribution >= 0.6 is 11.6 Å². The highest BCUT2D eigenvalue weighted by molar-refractivity contribution is 6.31. The Morgan fingerprint density at radius 2 is 2.28 bits per heavy atom. The highest BCUT2D eigenvalue weighted by atomic mass is 35.5. The molecule has 0 saturated heterocycles. The molecule has 2 rings (SSSR count). The minimum atomic E-state index is 0.557. The maximum absolute atomic E-state index is 6.14. The summed E-state index contributed by atoms with van der Waals surface area (Å²) in [5, 5.41) is 0.709. The number of hydrogen-bond acceptors (Lipinski definition) is 3. The minimum Gasteiger partial charge on any atom is -0.491 e. The first-order valence-corrected chi connectivity index (χ1v) is 6.25. The summed E-state index contributed by atoms with van der Waals surface area (Å²) in [7, 11) is 0. The Morgan fingerprint density at radius 3 is 3.00 bits per heavy atom. The number of aromatic nitrogens is 2. The third kappa shape index (κ3) is 3.24. The number of rotatable bonds is 6. The van der Waals surface area contributed by atoms with Gasteiger partial charge >= 0.3 is 0 Å². The van der Waals surface area contributed by atoms with Crippen LogP contribution in [0.15, 0.2) is 36.9 Å². The molecule has 0 bridgehead atoms. The Morgan fingerprint density at radius 1 is 1.39 bits per heavy atom. The maximum Gasteiger partial charge on any atom is 0.124 e. The van der Waals surface area contributed by atoms with E-state index in [1.54, 1.807) is 12.5 Å². The summed E-state index contributed by atoms with van der Waals surface area (Å²) in [4.78, 5) is 3.98. The fraction of sp³-hybridized carbons (Fsp3) is 0.308. The first kappa shape index (κ1) is 12.9. The van der Waals surface area contributed by atoms with Crippen LogP contribution in [0.4, 0.5) is 0 Å². The lowest BCUT2D eigenvalue weighted by molar-refractivity contribution is 0.295. The summed E-state index contributed by atoms with van der Waals surface area (Å²) in [6.45, 7) is 1.89. The quantitative estimate of drug-likeness (QED) is 0.870. The van der Waals surface area contributed by atoms with Crippen LogP contribution in [-0.4, -0.2) is 22.7 Å². The second-order valence-electron chi connectivity index (χ2n) is 3.90. The molecule has 0 aliphatic carbocycles. The highest BCUT2D eigenvalue weighted by Gasteiger charge is 2.07. The third-order valence-electron chi connectivity index (χ3n) is 2.64. The molecule has 2 N–H and O–H groups in total. The van der Waals surface area contributed by atoms with Gasteiger partial charge in [-0.25, -0.2) is 4.98 Å². The summed E-state index contributed by atoms with van der Waals surface area (Å²) in [5.74, 6) is 0.813. The lowest BCUT2D eigenvalue weighted by Crippen LogP contribution is -2.10. The van der Waals surface area contributed by atoms with Gasteiger partial charge in [-0.15, -0.1) is 0 Å². The molecule has 0 aliphatic heterocycles. The summed E-state index contributed by atoms with van der Waals surface area (Å²) >= 11 is 6.14. The van der Waals surface area contributed by atoms with E-state index in [0.717, 1.165) is 24.3 Å². The van der Waals surface area contributed by atoms with Crippen molar-refractivity contribution in [1.29, 1.82) is 0 Å². The Balaban J connectivity index is 1.98. The first-order chi connectivity index (χ1) is 8.81. The van der Waals surface area contributed by atoms with Crippen LogP contribution < -0.4 is 10.5 Å². The van der Waals surface area contributed by atoms with E-state index in [0.29, 0.717) is 18.2 Å². The van der Waals surface area contributed by atoms with Gasteiger partial charge in [0.2, 0.25) is 0 Å². The zero-order valence-corrected chi connectivity index (χ0v) is 10.8. The first-order valence-electron chi connectivity index (χ1n) is 5.87. The minimum absolute atomic E-state index is 0.557. The van der Waals surface area contributed by atoms with Crippen molar-refractivity contribution in [2.24, 2.45) is 5.73 Å². The number of halogens is 1. The van der Waals surface area contributed by atoms with Gasteiger partial charge in [-0.05, 0) is 25.1 Å².